The normalized spacial score (nSPS) is 18.5. The third-order valence-corrected chi connectivity index (χ3v) is 6.48. The van der Waals surface area contributed by atoms with E-state index in [9.17, 15) is 13.2 Å². The highest BCUT2D eigenvalue weighted by Crippen LogP contribution is 2.22. The van der Waals surface area contributed by atoms with Gasteiger partial charge in [0.05, 0.1) is 11.4 Å². The molecule has 1 aliphatic heterocycles. The molecule has 1 atom stereocenters. The Morgan fingerprint density at radius 2 is 1.95 bits per heavy atom. The van der Waals surface area contributed by atoms with Gasteiger partial charge in [-0.15, -0.1) is 0 Å². The first kappa shape index (κ1) is 17.0. The van der Waals surface area contributed by atoms with Gasteiger partial charge in [-0.3, -0.25) is 4.79 Å². The predicted octanol–water partition coefficient (Wildman–Crippen LogP) is 1.85. The molecule has 1 aromatic rings. The Morgan fingerprint density at radius 3 is 2.45 bits per heavy atom. The van der Waals surface area contributed by atoms with Crippen LogP contribution < -0.4 is 0 Å². The molecular weight excluding hydrogens is 304 g/mol. The van der Waals surface area contributed by atoms with Crippen molar-refractivity contribution in [3.63, 3.8) is 0 Å². The average Bonchev–Trinajstić information content (AvgIpc) is 2.78. The molecule has 0 saturated carbocycles. The zero-order valence-corrected chi connectivity index (χ0v) is 14.4. The van der Waals surface area contributed by atoms with E-state index < -0.39 is 15.1 Å². The zero-order chi connectivity index (χ0) is 16.5. The molecule has 1 saturated heterocycles. The zero-order valence-electron chi connectivity index (χ0n) is 13.6. The highest BCUT2D eigenvalue weighted by Gasteiger charge is 2.34. The Labute approximate surface area is 131 Å². The Balaban J connectivity index is 2.10. The molecule has 0 aromatic carbocycles. The van der Waals surface area contributed by atoms with Gasteiger partial charge in [0.25, 0.3) is 0 Å². The first-order valence-electron chi connectivity index (χ1n) is 7.64. The summed E-state index contributed by atoms with van der Waals surface area (Å²) < 4.78 is 30.1. The van der Waals surface area contributed by atoms with Crippen molar-refractivity contribution in [2.45, 2.75) is 51.5 Å². The minimum absolute atomic E-state index is 0.203. The van der Waals surface area contributed by atoms with Crippen molar-refractivity contribution < 1.29 is 17.7 Å². The summed E-state index contributed by atoms with van der Waals surface area (Å²) in [4.78, 5) is 14.1. The molecule has 0 N–H and O–H groups in total. The fraction of sp³-hybridized carbons (Fsp3) is 0.733. The number of piperidine rings is 1. The predicted molar refractivity (Wildman–Crippen MR) is 83.0 cm³/mol. The van der Waals surface area contributed by atoms with Crippen LogP contribution in [0.5, 0.6) is 0 Å². The molecule has 124 valence electrons. The number of rotatable bonds is 4. The van der Waals surface area contributed by atoms with E-state index in [4.69, 9.17) is 4.52 Å². The Kier molecular flexibility index (Phi) is 4.94. The Hall–Kier alpha value is -1.37. The van der Waals surface area contributed by atoms with Crippen molar-refractivity contribution in [2.24, 2.45) is 5.92 Å². The second-order valence-corrected chi connectivity index (χ2v) is 8.58. The van der Waals surface area contributed by atoms with Crippen molar-refractivity contribution in [3.8, 4) is 0 Å². The molecule has 22 heavy (non-hydrogen) atoms. The van der Waals surface area contributed by atoms with E-state index in [1.807, 2.05) is 0 Å². The number of hydrogen-bond donors (Lipinski definition) is 0. The van der Waals surface area contributed by atoms with E-state index in [1.165, 1.54) is 6.92 Å². The van der Waals surface area contributed by atoms with Crippen LogP contribution in [0, 0.1) is 19.8 Å². The molecule has 2 rings (SSSR count). The summed E-state index contributed by atoms with van der Waals surface area (Å²) in [5.41, 5.74) is 1.12. The van der Waals surface area contributed by atoms with Gasteiger partial charge in [0.1, 0.15) is 11.0 Å². The monoisotopic (exact) mass is 328 g/mol. The number of hydrogen-bond acceptors (Lipinski definition) is 5. The van der Waals surface area contributed by atoms with Gasteiger partial charge in [-0.25, -0.2) is 8.42 Å². The van der Waals surface area contributed by atoms with Crippen molar-refractivity contribution in [3.05, 3.63) is 17.0 Å². The van der Waals surface area contributed by atoms with Crippen LogP contribution in [0.3, 0.4) is 0 Å². The Bertz CT molecular complexity index is 623. The number of nitrogens with zero attached hydrogens (tertiary/aromatic N) is 2. The number of aromatic nitrogens is 1. The lowest BCUT2D eigenvalue weighted by Crippen LogP contribution is -2.45. The molecule has 6 nitrogen and oxygen atoms in total. The summed E-state index contributed by atoms with van der Waals surface area (Å²) in [5.74, 6) is 0.593. The van der Waals surface area contributed by atoms with E-state index in [-0.39, 0.29) is 11.7 Å². The van der Waals surface area contributed by atoms with Crippen LogP contribution in [0.25, 0.3) is 0 Å². The molecular formula is C15H24N2O4S. The van der Waals surface area contributed by atoms with Gasteiger partial charge in [0.15, 0.2) is 9.84 Å². The number of carbonyl (C=O) groups is 1. The second-order valence-electron chi connectivity index (χ2n) is 6.26. The topological polar surface area (TPSA) is 80.5 Å². The second kappa shape index (κ2) is 6.40. The molecule has 0 unspecified atom stereocenters. The summed E-state index contributed by atoms with van der Waals surface area (Å²) in [5, 5.41) is 2.74. The van der Waals surface area contributed by atoms with Gasteiger partial charge in [-0.1, -0.05) is 12.1 Å². The SMILES string of the molecule is Cc1noc(C)c1CS(=O)(=O)[C@@H](C)C(=O)N1CCC(C)CC1. The van der Waals surface area contributed by atoms with Crippen LogP contribution in [0.2, 0.25) is 0 Å². The summed E-state index contributed by atoms with van der Waals surface area (Å²) in [6.07, 6.45) is 1.87. The molecule has 0 spiro atoms. The summed E-state index contributed by atoms with van der Waals surface area (Å²) in [7, 11) is -3.58. The molecule has 2 heterocycles. The fourth-order valence-corrected chi connectivity index (χ4v) is 4.19. The number of sulfone groups is 1. The van der Waals surface area contributed by atoms with Crippen LogP contribution in [0.1, 0.15) is 43.7 Å². The van der Waals surface area contributed by atoms with Crippen LogP contribution in [-0.2, 0) is 20.4 Å². The maximum atomic E-state index is 12.5. The fourth-order valence-electron chi connectivity index (χ4n) is 2.67. The summed E-state index contributed by atoms with van der Waals surface area (Å²) >= 11 is 0. The highest BCUT2D eigenvalue weighted by atomic mass is 32.2. The number of aryl methyl sites for hydroxylation is 2. The van der Waals surface area contributed by atoms with Gasteiger partial charge < -0.3 is 9.42 Å². The van der Waals surface area contributed by atoms with Gasteiger partial charge in [-0.05, 0) is 39.5 Å². The van der Waals surface area contributed by atoms with Crippen molar-refractivity contribution in [1.29, 1.82) is 0 Å². The lowest BCUT2D eigenvalue weighted by Gasteiger charge is -2.32. The third-order valence-electron chi connectivity index (χ3n) is 4.51. The van der Waals surface area contributed by atoms with Crippen LogP contribution >= 0.6 is 0 Å². The first-order valence-corrected chi connectivity index (χ1v) is 9.36. The van der Waals surface area contributed by atoms with Crippen LogP contribution in [0.15, 0.2) is 4.52 Å². The lowest BCUT2D eigenvalue weighted by atomic mass is 9.99. The van der Waals surface area contributed by atoms with E-state index in [0.717, 1.165) is 12.8 Å². The van der Waals surface area contributed by atoms with E-state index in [1.54, 1.807) is 18.7 Å². The van der Waals surface area contributed by atoms with Crippen molar-refractivity contribution in [1.82, 2.24) is 10.1 Å². The van der Waals surface area contributed by atoms with Crippen LogP contribution in [0.4, 0.5) is 0 Å². The molecule has 1 aromatic heterocycles. The van der Waals surface area contributed by atoms with Gasteiger partial charge in [0.2, 0.25) is 5.91 Å². The number of likely N-dealkylation sites (tertiary alicyclic amines) is 1. The molecule has 1 amide bonds. The molecule has 1 aliphatic rings. The van der Waals surface area contributed by atoms with E-state index >= 15 is 0 Å². The molecule has 1 fully saturated rings. The number of carbonyl (C=O) groups excluding carboxylic acids is 1. The quantitative estimate of drug-likeness (QED) is 0.842. The van der Waals surface area contributed by atoms with Gasteiger partial charge in [0, 0.05) is 18.7 Å². The Morgan fingerprint density at radius 1 is 1.36 bits per heavy atom. The number of amides is 1. The lowest BCUT2D eigenvalue weighted by molar-refractivity contribution is -0.131. The molecule has 0 radical (unpaired) electrons. The molecule has 0 bridgehead atoms. The van der Waals surface area contributed by atoms with Crippen molar-refractivity contribution in [2.75, 3.05) is 13.1 Å². The maximum absolute atomic E-state index is 12.5. The molecule has 0 aliphatic carbocycles. The van der Waals surface area contributed by atoms with Crippen LogP contribution in [-0.4, -0.2) is 42.7 Å². The van der Waals surface area contributed by atoms with E-state index in [2.05, 4.69) is 12.1 Å². The highest BCUT2D eigenvalue weighted by molar-refractivity contribution is 7.92. The van der Waals surface area contributed by atoms with E-state index in [0.29, 0.717) is 36.0 Å². The molecule has 7 heteroatoms. The third kappa shape index (κ3) is 3.51. The average molecular weight is 328 g/mol. The van der Waals surface area contributed by atoms with Gasteiger partial charge in [-0.2, -0.15) is 0 Å². The summed E-state index contributed by atoms with van der Waals surface area (Å²) in [6, 6.07) is 0. The van der Waals surface area contributed by atoms with Gasteiger partial charge >= 0.3 is 0 Å². The standard InChI is InChI=1S/C15H24N2O4S/c1-10-5-7-17(8-6-10)15(18)13(4)22(19,20)9-14-11(2)16-21-12(14)3/h10,13H,5-9H2,1-4H3/t13-/m0/s1. The minimum Gasteiger partial charge on any atom is -0.361 e. The summed E-state index contributed by atoms with van der Waals surface area (Å²) in [6.45, 7) is 8.31. The smallest absolute Gasteiger partial charge is 0.240 e. The first-order chi connectivity index (χ1) is 10.2. The maximum Gasteiger partial charge on any atom is 0.240 e. The minimum atomic E-state index is -3.58. The van der Waals surface area contributed by atoms with Crippen molar-refractivity contribution >= 4 is 15.7 Å². The largest absolute Gasteiger partial charge is 0.361 e.